The molecule has 0 aliphatic heterocycles. The van der Waals surface area contributed by atoms with Gasteiger partial charge in [-0.25, -0.2) is 4.57 Å². The number of hydrogen-bond acceptors (Lipinski definition) is 15. The Bertz CT molecular complexity index is 1650. The van der Waals surface area contributed by atoms with Crippen LogP contribution in [-0.4, -0.2) is 132 Å². The van der Waals surface area contributed by atoms with Gasteiger partial charge in [-0.1, -0.05) is 149 Å². The van der Waals surface area contributed by atoms with Crippen LogP contribution in [0.25, 0.3) is 0 Å². The highest BCUT2D eigenvalue weighted by Crippen LogP contribution is 2.47. The van der Waals surface area contributed by atoms with Gasteiger partial charge in [0.25, 0.3) is 0 Å². The molecule has 68 heavy (non-hydrogen) atoms. The van der Waals surface area contributed by atoms with Crippen LogP contribution in [0.15, 0.2) is 109 Å². The summed E-state index contributed by atoms with van der Waals surface area (Å²) in [5, 5.41) is 80.8. The van der Waals surface area contributed by atoms with Crippen molar-refractivity contribution in [2.24, 2.45) is 0 Å². The highest BCUT2D eigenvalue weighted by Gasteiger charge is 2.51. The molecule has 0 saturated heterocycles. The largest absolute Gasteiger partial charge is 0.472 e. The van der Waals surface area contributed by atoms with E-state index in [1.165, 1.54) is 6.08 Å². The van der Waals surface area contributed by atoms with Crippen LogP contribution in [0.5, 0.6) is 0 Å². The second kappa shape index (κ2) is 39.1. The number of esters is 2. The zero-order valence-electron chi connectivity index (χ0n) is 39.9. The summed E-state index contributed by atoms with van der Waals surface area (Å²) in [5.74, 6) is -1.48. The molecule has 0 bridgehead atoms. The molecule has 9 N–H and O–H groups in total. The summed E-state index contributed by atoms with van der Waals surface area (Å²) in [5.41, 5.74) is 0. The number of hydrogen-bond donors (Lipinski definition) is 9. The fraction of sp³-hybridized carbons (Fsp3) is 0.608. The molecule has 1 aliphatic rings. The van der Waals surface area contributed by atoms with E-state index in [0.717, 1.165) is 64.2 Å². The van der Waals surface area contributed by atoms with E-state index in [-0.39, 0.29) is 25.7 Å². The second-order valence-electron chi connectivity index (χ2n) is 16.4. The van der Waals surface area contributed by atoms with Crippen molar-refractivity contribution in [1.29, 1.82) is 0 Å². The van der Waals surface area contributed by atoms with Crippen molar-refractivity contribution in [2.45, 2.75) is 184 Å². The number of aliphatic hydroxyl groups is 8. The minimum atomic E-state index is -5.22. The van der Waals surface area contributed by atoms with Crippen molar-refractivity contribution in [3.05, 3.63) is 109 Å². The summed E-state index contributed by atoms with van der Waals surface area (Å²) in [6, 6.07) is 0. The number of phosphoric ester groups is 1. The highest BCUT2D eigenvalue weighted by molar-refractivity contribution is 7.47. The van der Waals surface area contributed by atoms with Gasteiger partial charge < -0.3 is 55.2 Å². The first-order chi connectivity index (χ1) is 32.6. The van der Waals surface area contributed by atoms with E-state index in [2.05, 4.69) is 74.6 Å². The fourth-order valence-electron chi connectivity index (χ4n) is 6.46. The molecular formula is C51H81O16P. The molecule has 1 fully saturated rings. The first-order valence-electron chi connectivity index (χ1n) is 24.0. The molecule has 1 aliphatic carbocycles. The predicted octanol–water partition coefficient (Wildman–Crippen LogP) is 6.52. The first kappa shape index (κ1) is 62.4. The zero-order chi connectivity index (χ0) is 50.4. The molecule has 17 heteroatoms. The smallest absolute Gasteiger partial charge is 0.462 e. The van der Waals surface area contributed by atoms with E-state index < -0.39 is 94.0 Å². The number of carbonyl (C=O) groups excluding carboxylic acids is 2. The first-order valence-corrected chi connectivity index (χ1v) is 25.5. The molecule has 3 unspecified atom stereocenters. The van der Waals surface area contributed by atoms with E-state index >= 15 is 0 Å². The van der Waals surface area contributed by atoms with Crippen molar-refractivity contribution in [3.8, 4) is 0 Å². The lowest BCUT2D eigenvalue weighted by atomic mass is 9.85. The third-order valence-electron chi connectivity index (χ3n) is 10.5. The Balaban J connectivity index is 2.63. The summed E-state index contributed by atoms with van der Waals surface area (Å²) in [6.45, 7) is 2.75. The summed E-state index contributed by atoms with van der Waals surface area (Å²) in [4.78, 5) is 35.8. The molecule has 0 aromatic carbocycles. The maximum atomic E-state index is 12.8. The van der Waals surface area contributed by atoms with Gasteiger partial charge in [0.05, 0.1) is 24.9 Å². The van der Waals surface area contributed by atoms with E-state index in [1.54, 1.807) is 42.5 Å². The fourth-order valence-corrected chi connectivity index (χ4v) is 7.43. The Morgan fingerprint density at radius 2 is 1.10 bits per heavy atom. The molecule has 16 nitrogen and oxygen atoms in total. The Morgan fingerprint density at radius 1 is 0.574 bits per heavy atom. The summed E-state index contributed by atoms with van der Waals surface area (Å²) >= 11 is 0. The number of carbonyl (C=O) groups is 2. The molecule has 1 saturated carbocycles. The van der Waals surface area contributed by atoms with E-state index in [0.29, 0.717) is 19.3 Å². The lowest BCUT2D eigenvalue weighted by molar-refractivity contribution is -0.220. The predicted molar refractivity (Wildman–Crippen MR) is 262 cm³/mol. The third kappa shape index (κ3) is 30.8. The third-order valence-corrected chi connectivity index (χ3v) is 11.4. The summed E-state index contributed by atoms with van der Waals surface area (Å²) < 4.78 is 33.3. The van der Waals surface area contributed by atoms with Crippen molar-refractivity contribution < 1.29 is 78.4 Å². The average molecular weight is 981 g/mol. The molecule has 0 aromatic heterocycles. The molecule has 1 rings (SSSR count). The van der Waals surface area contributed by atoms with Crippen LogP contribution in [0, 0.1) is 0 Å². The number of aliphatic hydroxyl groups excluding tert-OH is 8. The maximum Gasteiger partial charge on any atom is 0.472 e. The Labute approximate surface area is 403 Å². The summed E-state index contributed by atoms with van der Waals surface area (Å²) in [6.07, 6.45) is 29.1. The van der Waals surface area contributed by atoms with Gasteiger partial charge in [0.15, 0.2) is 6.10 Å². The number of allylic oxidation sites excluding steroid dienone is 16. The normalized spacial score (nSPS) is 23.4. The number of ether oxygens (including phenoxy) is 2. The topological polar surface area (TPSA) is 270 Å². The lowest BCUT2D eigenvalue weighted by Crippen LogP contribution is -2.64. The van der Waals surface area contributed by atoms with Gasteiger partial charge in [0, 0.05) is 12.8 Å². The molecule has 0 radical (unpaired) electrons. The van der Waals surface area contributed by atoms with Crippen LogP contribution in [0.1, 0.15) is 123 Å². The van der Waals surface area contributed by atoms with Crippen LogP contribution in [0.3, 0.4) is 0 Å². The van der Waals surface area contributed by atoms with Crippen LogP contribution >= 0.6 is 7.82 Å². The van der Waals surface area contributed by atoms with Gasteiger partial charge in [-0.05, 0) is 70.6 Å². The summed E-state index contributed by atoms with van der Waals surface area (Å²) in [7, 11) is -5.22. The van der Waals surface area contributed by atoms with E-state index in [9.17, 15) is 59.9 Å². The van der Waals surface area contributed by atoms with Crippen molar-refractivity contribution in [3.63, 3.8) is 0 Å². The van der Waals surface area contributed by atoms with Crippen LogP contribution in [0.4, 0.5) is 0 Å². The average Bonchev–Trinajstić information content (AvgIpc) is 3.31. The van der Waals surface area contributed by atoms with Crippen LogP contribution in [-0.2, 0) is 32.7 Å². The van der Waals surface area contributed by atoms with Gasteiger partial charge in [-0.3, -0.25) is 18.6 Å². The minimum Gasteiger partial charge on any atom is -0.462 e. The lowest BCUT2D eigenvalue weighted by Gasteiger charge is -2.41. The Kier molecular flexibility index (Phi) is 35.9. The molecule has 386 valence electrons. The monoisotopic (exact) mass is 981 g/mol. The van der Waals surface area contributed by atoms with Gasteiger partial charge in [-0.2, -0.15) is 0 Å². The second-order valence-corrected chi connectivity index (χ2v) is 17.8. The molecular weight excluding hydrogens is 900 g/mol. The number of phosphoric acid groups is 1. The van der Waals surface area contributed by atoms with Gasteiger partial charge in [-0.15, -0.1) is 0 Å². The van der Waals surface area contributed by atoms with Crippen molar-refractivity contribution in [2.75, 3.05) is 13.2 Å². The van der Waals surface area contributed by atoms with Gasteiger partial charge in [0.2, 0.25) is 0 Å². The van der Waals surface area contributed by atoms with Gasteiger partial charge in [0.1, 0.15) is 43.2 Å². The van der Waals surface area contributed by atoms with Gasteiger partial charge >= 0.3 is 19.8 Å². The van der Waals surface area contributed by atoms with Crippen LogP contribution in [0.2, 0.25) is 0 Å². The van der Waals surface area contributed by atoms with Crippen molar-refractivity contribution in [1.82, 2.24) is 0 Å². The quantitative estimate of drug-likeness (QED) is 0.0105. The maximum absolute atomic E-state index is 12.8. The van der Waals surface area contributed by atoms with Crippen molar-refractivity contribution >= 4 is 19.8 Å². The molecule has 0 amide bonds. The highest BCUT2D eigenvalue weighted by atomic mass is 31.2. The van der Waals surface area contributed by atoms with Crippen LogP contribution < -0.4 is 0 Å². The minimum absolute atomic E-state index is 0.0231. The van der Waals surface area contributed by atoms with E-state index in [1.807, 2.05) is 0 Å². The standard InChI is InChI=1S/C51H81O16P/c1-3-5-7-8-9-10-11-12-13-14-15-16-17-18-19-20-21-26-30-36-45(56)66-41(39-65-68(62,63)67-51-49(60)47(58)46(57)48(59)50(51)61)38-64-44(55)37-31-35-43(54)42(53)34-29-25-23-22-24-28-33-40(52)32-27-6-4-2/h5,7,9-10,12-13,15-16,18-19,22-25,28-29,33-34,40-43,46-54,57-61H,3-4,6,8,11,14,17,20-21,26-27,30-32,35-39H2,1-2H3,(H,62,63)/b7-5-,10-9-,13-12-,16-15-,19-18-,24-22-,25-23+,33-28+,34-29+/t40-,41-,42-,43-,46?,47-,48+,49-,50-,51?/m1/s1. The Morgan fingerprint density at radius 3 is 1.69 bits per heavy atom. The number of rotatable bonds is 37. The molecule has 0 aromatic rings. The zero-order valence-corrected chi connectivity index (χ0v) is 40.8. The van der Waals surface area contributed by atoms with E-state index in [4.69, 9.17) is 18.5 Å². The molecule has 0 spiro atoms. The SMILES string of the molecule is CC/C=C\C/C=C\C/C=C\C/C=C\C/C=C\CCCCCC(=O)O[C@H](COC(=O)CCC[C@@H](O)[C@H](O)/C=C/C=C/C=C\C=C\[C@H](O)CCCCC)COP(=O)(O)OC1[C@H](O)[C@H](O)C(O)[C@H](O)[C@H]1O. The molecule has 11 atom stereocenters. The number of unbranched alkanes of at least 4 members (excludes halogenated alkanes) is 5. The molecule has 0 heterocycles. The Hall–Kier alpha value is -3.61.